The Kier molecular flexibility index (Phi) is 4.98. The summed E-state index contributed by atoms with van der Waals surface area (Å²) in [6.45, 7) is 1.98. The van der Waals surface area contributed by atoms with Crippen LogP contribution in [0.25, 0.3) is 0 Å². The summed E-state index contributed by atoms with van der Waals surface area (Å²) in [6, 6.07) is 1.80. The van der Waals surface area contributed by atoms with Gasteiger partial charge in [0, 0.05) is 16.2 Å². The molecule has 1 aromatic rings. The van der Waals surface area contributed by atoms with E-state index in [1.807, 2.05) is 0 Å². The molecule has 0 saturated heterocycles. The van der Waals surface area contributed by atoms with Crippen LogP contribution in [0, 0.1) is 0 Å². The van der Waals surface area contributed by atoms with Crippen LogP contribution in [0.15, 0.2) is 34.6 Å². The van der Waals surface area contributed by atoms with E-state index in [9.17, 15) is 4.79 Å². The molecule has 0 N–H and O–H groups in total. The number of pyridine rings is 1. The van der Waals surface area contributed by atoms with Crippen molar-refractivity contribution in [2.45, 2.75) is 6.92 Å². The van der Waals surface area contributed by atoms with Gasteiger partial charge in [0.25, 0.3) is 0 Å². The number of hydrogen-bond acceptors (Lipinski definition) is 4. The second kappa shape index (κ2) is 6.27. The Morgan fingerprint density at radius 3 is 2.94 bits per heavy atom. The summed E-state index contributed by atoms with van der Waals surface area (Å²) >= 11 is 3.29. The fraction of sp³-hybridized carbons (Fsp3) is 0.273. The van der Waals surface area contributed by atoms with Gasteiger partial charge in [0.15, 0.2) is 0 Å². The van der Waals surface area contributed by atoms with Gasteiger partial charge >= 0.3 is 5.97 Å². The van der Waals surface area contributed by atoms with Crippen molar-refractivity contribution >= 4 is 21.9 Å². The molecule has 1 heterocycles. The molecule has 86 valence electrons. The molecule has 0 spiro atoms. The predicted octanol–water partition coefficient (Wildman–Crippen LogP) is 2.34. The zero-order valence-corrected chi connectivity index (χ0v) is 10.7. The predicted molar refractivity (Wildman–Crippen MR) is 63.2 cm³/mol. The van der Waals surface area contributed by atoms with Gasteiger partial charge in [-0.25, -0.2) is 4.79 Å². The zero-order chi connectivity index (χ0) is 12.0. The number of esters is 1. The molecule has 1 aromatic heterocycles. The largest absolute Gasteiger partial charge is 0.488 e. The number of carbonyl (C=O) groups is 1. The fourth-order valence-corrected chi connectivity index (χ4v) is 1.32. The highest BCUT2D eigenvalue weighted by Gasteiger charge is 2.02. The molecule has 0 aliphatic heterocycles. The Labute approximate surface area is 102 Å². The third-order valence-electron chi connectivity index (χ3n) is 1.83. The third-order valence-corrected chi connectivity index (χ3v) is 2.26. The van der Waals surface area contributed by atoms with Crippen molar-refractivity contribution in [3.05, 3.63) is 34.6 Å². The number of hydrogen-bond donors (Lipinski definition) is 0. The quantitative estimate of drug-likeness (QED) is 0.629. The minimum Gasteiger partial charge on any atom is -0.488 e. The van der Waals surface area contributed by atoms with Crippen LogP contribution in [-0.2, 0) is 9.53 Å². The standard InChI is InChI=1S/C11H12BrNO3/c1-8(11(14)15-2)3-4-16-10-5-9(12)6-13-7-10/h3,5-7H,4H2,1-2H3. The number of aromatic nitrogens is 1. The average Bonchev–Trinajstić information content (AvgIpc) is 2.28. The molecule has 16 heavy (non-hydrogen) atoms. The van der Waals surface area contributed by atoms with Crippen LogP contribution in [0.1, 0.15) is 6.92 Å². The molecule has 0 aliphatic rings. The molecule has 0 unspecified atom stereocenters. The molecular formula is C11H12BrNO3. The van der Waals surface area contributed by atoms with Crippen molar-refractivity contribution in [1.82, 2.24) is 4.98 Å². The summed E-state index contributed by atoms with van der Waals surface area (Å²) in [5.74, 6) is 0.291. The van der Waals surface area contributed by atoms with Crippen LogP contribution >= 0.6 is 15.9 Å². The summed E-state index contributed by atoms with van der Waals surface area (Å²) in [7, 11) is 1.35. The van der Waals surface area contributed by atoms with Crippen molar-refractivity contribution in [2.24, 2.45) is 0 Å². The Balaban J connectivity index is 2.50. The van der Waals surface area contributed by atoms with Crippen molar-refractivity contribution in [2.75, 3.05) is 13.7 Å². The molecule has 1 rings (SSSR count). The summed E-state index contributed by atoms with van der Waals surface area (Å²) in [4.78, 5) is 15.0. The Morgan fingerprint density at radius 1 is 1.56 bits per heavy atom. The highest BCUT2D eigenvalue weighted by atomic mass is 79.9. The lowest BCUT2D eigenvalue weighted by molar-refractivity contribution is -0.136. The molecule has 0 bridgehead atoms. The summed E-state index contributed by atoms with van der Waals surface area (Å²) < 4.78 is 10.8. The van der Waals surface area contributed by atoms with Gasteiger partial charge in [0.2, 0.25) is 0 Å². The summed E-state index contributed by atoms with van der Waals surface area (Å²) in [5, 5.41) is 0. The normalized spacial score (nSPS) is 11.1. The monoisotopic (exact) mass is 285 g/mol. The van der Waals surface area contributed by atoms with Crippen molar-refractivity contribution < 1.29 is 14.3 Å². The van der Waals surface area contributed by atoms with Gasteiger partial charge in [0.05, 0.1) is 13.3 Å². The Bertz CT molecular complexity index is 404. The fourth-order valence-electron chi connectivity index (χ4n) is 0.979. The Hall–Kier alpha value is -1.36. The van der Waals surface area contributed by atoms with Gasteiger partial charge in [-0.1, -0.05) is 0 Å². The minimum absolute atomic E-state index is 0.305. The van der Waals surface area contributed by atoms with E-state index in [2.05, 4.69) is 25.7 Å². The molecule has 0 amide bonds. The van der Waals surface area contributed by atoms with E-state index >= 15 is 0 Å². The van der Waals surface area contributed by atoms with E-state index in [1.165, 1.54) is 7.11 Å². The number of methoxy groups -OCH3 is 1. The van der Waals surface area contributed by atoms with E-state index in [4.69, 9.17) is 4.74 Å². The van der Waals surface area contributed by atoms with E-state index in [0.29, 0.717) is 17.9 Å². The van der Waals surface area contributed by atoms with Gasteiger partial charge in [-0.3, -0.25) is 4.98 Å². The average molecular weight is 286 g/mol. The van der Waals surface area contributed by atoms with Gasteiger partial charge in [0.1, 0.15) is 12.4 Å². The highest BCUT2D eigenvalue weighted by Crippen LogP contribution is 2.15. The van der Waals surface area contributed by atoms with E-state index < -0.39 is 0 Å². The number of rotatable bonds is 4. The first kappa shape index (κ1) is 12.7. The minimum atomic E-state index is -0.351. The lowest BCUT2D eigenvalue weighted by Gasteiger charge is -2.03. The van der Waals surface area contributed by atoms with Gasteiger partial charge < -0.3 is 9.47 Å². The first-order valence-corrected chi connectivity index (χ1v) is 5.41. The first-order chi connectivity index (χ1) is 7.63. The van der Waals surface area contributed by atoms with Gasteiger partial charge in [-0.15, -0.1) is 0 Å². The second-order valence-corrected chi connectivity index (χ2v) is 3.94. The molecule has 0 radical (unpaired) electrons. The molecule has 0 fully saturated rings. The number of halogens is 1. The maximum absolute atomic E-state index is 11.0. The highest BCUT2D eigenvalue weighted by molar-refractivity contribution is 9.10. The maximum atomic E-state index is 11.0. The zero-order valence-electron chi connectivity index (χ0n) is 9.07. The van der Waals surface area contributed by atoms with E-state index in [0.717, 1.165) is 4.47 Å². The van der Waals surface area contributed by atoms with E-state index in [1.54, 1.807) is 31.5 Å². The molecular weight excluding hydrogens is 274 g/mol. The van der Waals surface area contributed by atoms with Crippen LogP contribution in [0.4, 0.5) is 0 Å². The van der Waals surface area contributed by atoms with Gasteiger partial charge in [-0.2, -0.15) is 0 Å². The van der Waals surface area contributed by atoms with Crippen LogP contribution in [0.5, 0.6) is 5.75 Å². The SMILES string of the molecule is COC(=O)C(C)=CCOc1cncc(Br)c1. The van der Waals surface area contributed by atoms with Crippen LogP contribution in [-0.4, -0.2) is 24.7 Å². The molecule has 5 heteroatoms. The number of carbonyl (C=O) groups excluding carboxylic acids is 1. The topological polar surface area (TPSA) is 48.4 Å². The molecule has 0 aliphatic carbocycles. The first-order valence-electron chi connectivity index (χ1n) is 4.62. The smallest absolute Gasteiger partial charge is 0.333 e. The summed E-state index contributed by atoms with van der Waals surface area (Å²) in [6.07, 6.45) is 4.93. The molecule has 4 nitrogen and oxygen atoms in total. The van der Waals surface area contributed by atoms with Crippen LogP contribution < -0.4 is 4.74 Å². The van der Waals surface area contributed by atoms with Crippen molar-refractivity contribution in [3.63, 3.8) is 0 Å². The molecule has 0 aromatic carbocycles. The van der Waals surface area contributed by atoms with Crippen LogP contribution in [0.2, 0.25) is 0 Å². The second-order valence-electron chi connectivity index (χ2n) is 3.03. The Morgan fingerprint density at radius 2 is 2.31 bits per heavy atom. The van der Waals surface area contributed by atoms with Gasteiger partial charge in [-0.05, 0) is 35.0 Å². The maximum Gasteiger partial charge on any atom is 0.333 e. The lowest BCUT2D eigenvalue weighted by atomic mass is 10.3. The lowest BCUT2D eigenvalue weighted by Crippen LogP contribution is -2.04. The number of ether oxygens (including phenoxy) is 2. The summed E-state index contributed by atoms with van der Waals surface area (Å²) in [5.41, 5.74) is 0.519. The van der Waals surface area contributed by atoms with E-state index in [-0.39, 0.29) is 5.97 Å². The molecule has 0 atom stereocenters. The molecule has 0 saturated carbocycles. The third kappa shape index (κ3) is 4.02. The number of nitrogens with zero attached hydrogens (tertiary/aromatic N) is 1. The van der Waals surface area contributed by atoms with Crippen LogP contribution in [0.3, 0.4) is 0 Å². The van der Waals surface area contributed by atoms with Crippen molar-refractivity contribution in [1.29, 1.82) is 0 Å². The van der Waals surface area contributed by atoms with Crippen molar-refractivity contribution in [3.8, 4) is 5.75 Å².